The summed E-state index contributed by atoms with van der Waals surface area (Å²) in [4.78, 5) is 28.1. The standard InChI is InChI=1S/C18H28N4O5S/c1-5-27-18(24)22-11-9-21(10-12-22)14(2)17(23)19-15-7-6-8-16(13-15)28(25,26)20(3)4/h6-8,13-14H,5,9-12H2,1-4H3,(H,19,23)/t14-/m0/s1. The topological polar surface area (TPSA) is 99.3 Å². The van der Waals surface area contributed by atoms with E-state index in [1.807, 2.05) is 4.90 Å². The van der Waals surface area contributed by atoms with Crippen LogP contribution in [0.15, 0.2) is 29.2 Å². The first-order valence-corrected chi connectivity index (χ1v) is 10.6. The van der Waals surface area contributed by atoms with E-state index in [1.165, 1.54) is 26.2 Å². The van der Waals surface area contributed by atoms with Gasteiger partial charge in [-0.25, -0.2) is 17.5 Å². The summed E-state index contributed by atoms with van der Waals surface area (Å²) in [6.45, 7) is 5.99. The van der Waals surface area contributed by atoms with Crippen molar-refractivity contribution < 1.29 is 22.7 Å². The van der Waals surface area contributed by atoms with Crippen molar-refractivity contribution in [1.82, 2.24) is 14.1 Å². The van der Waals surface area contributed by atoms with Gasteiger partial charge in [-0.3, -0.25) is 9.69 Å². The summed E-state index contributed by atoms with van der Waals surface area (Å²) in [5, 5.41) is 2.78. The Kier molecular flexibility index (Phi) is 7.39. The number of piperazine rings is 1. The normalized spacial score (nSPS) is 16.7. The zero-order valence-corrected chi connectivity index (χ0v) is 17.5. The van der Waals surface area contributed by atoms with Crippen LogP contribution in [0.3, 0.4) is 0 Å². The van der Waals surface area contributed by atoms with Gasteiger partial charge in [-0.15, -0.1) is 0 Å². The fourth-order valence-electron chi connectivity index (χ4n) is 2.86. The molecule has 0 saturated carbocycles. The summed E-state index contributed by atoms with van der Waals surface area (Å²) >= 11 is 0. The summed E-state index contributed by atoms with van der Waals surface area (Å²) in [5.74, 6) is -0.232. The second-order valence-electron chi connectivity index (χ2n) is 6.70. The van der Waals surface area contributed by atoms with E-state index in [-0.39, 0.29) is 16.9 Å². The fraction of sp³-hybridized carbons (Fsp3) is 0.556. The molecule has 0 aliphatic carbocycles. The lowest BCUT2D eigenvalue weighted by molar-refractivity contribution is -0.121. The minimum Gasteiger partial charge on any atom is -0.450 e. The molecule has 0 spiro atoms. The SMILES string of the molecule is CCOC(=O)N1CCN([C@@H](C)C(=O)Nc2cccc(S(=O)(=O)N(C)C)c2)CC1. The van der Waals surface area contributed by atoms with Gasteiger partial charge in [0.25, 0.3) is 0 Å². The number of sulfonamides is 1. The van der Waals surface area contributed by atoms with E-state index in [0.717, 1.165) is 4.31 Å². The highest BCUT2D eigenvalue weighted by atomic mass is 32.2. The Bertz CT molecular complexity index is 804. The first-order valence-electron chi connectivity index (χ1n) is 9.16. The molecule has 0 bridgehead atoms. The number of rotatable bonds is 6. The van der Waals surface area contributed by atoms with Crippen LogP contribution in [-0.4, -0.2) is 87.4 Å². The van der Waals surface area contributed by atoms with Gasteiger partial charge in [-0.2, -0.15) is 0 Å². The van der Waals surface area contributed by atoms with Crippen LogP contribution in [0.2, 0.25) is 0 Å². The maximum Gasteiger partial charge on any atom is 0.409 e. The summed E-state index contributed by atoms with van der Waals surface area (Å²) < 4.78 is 30.6. The number of ether oxygens (including phenoxy) is 1. The lowest BCUT2D eigenvalue weighted by atomic mass is 10.2. The predicted octanol–water partition coefficient (Wildman–Crippen LogP) is 1.04. The Hall–Kier alpha value is -2.17. The zero-order chi connectivity index (χ0) is 20.9. The van der Waals surface area contributed by atoms with Crippen LogP contribution < -0.4 is 5.32 Å². The molecule has 1 aromatic rings. The molecule has 1 aromatic carbocycles. The quantitative estimate of drug-likeness (QED) is 0.750. The summed E-state index contributed by atoms with van der Waals surface area (Å²) in [6.07, 6.45) is -0.335. The number of nitrogens with zero attached hydrogens (tertiary/aromatic N) is 3. The average molecular weight is 413 g/mol. The van der Waals surface area contributed by atoms with Crippen molar-refractivity contribution in [3.05, 3.63) is 24.3 Å². The number of amides is 2. The Morgan fingerprint density at radius 3 is 2.43 bits per heavy atom. The number of benzene rings is 1. The maximum absolute atomic E-state index is 12.6. The van der Waals surface area contributed by atoms with Crippen molar-refractivity contribution in [3.8, 4) is 0 Å². The van der Waals surface area contributed by atoms with E-state index < -0.39 is 16.1 Å². The first kappa shape index (κ1) is 22.1. The van der Waals surface area contributed by atoms with E-state index in [1.54, 1.807) is 30.9 Å². The predicted molar refractivity (Wildman–Crippen MR) is 106 cm³/mol. The van der Waals surface area contributed by atoms with Crippen molar-refractivity contribution in [2.75, 3.05) is 52.2 Å². The lowest BCUT2D eigenvalue weighted by Crippen LogP contribution is -2.54. The molecule has 2 rings (SSSR count). The molecule has 0 unspecified atom stereocenters. The number of anilines is 1. The van der Waals surface area contributed by atoms with Crippen LogP contribution in [0.25, 0.3) is 0 Å². The molecule has 28 heavy (non-hydrogen) atoms. The molecule has 1 heterocycles. The van der Waals surface area contributed by atoms with Crippen molar-refractivity contribution in [3.63, 3.8) is 0 Å². The summed E-state index contributed by atoms with van der Waals surface area (Å²) in [6, 6.07) is 5.76. The molecule has 1 atom stereocenters. The molecule has 10 heteroatoms. The molecule has 9 nitrogen and oxygen atoms in total. The smallest absolute Gasteiger partial charge is 0.409 e. The van der Waals surface area contributed by atoms with E-state index in [9.17, 15) is 18.0 Å². The Labute approximate surface area is 166 Å². The second-order valence-corrected chi connectivity index (χ2v) is 8.85. The van der Waals surface area contributed by atoms with Gasteiger partial charge in [-0.05, 0) is 32.0 Å². The zero-order valence-electron chi connectivity index (χ0n) is 16.7. The third-order valence-corrected chi connectivity index (χ3v) is 6.46. The molecule has 1 aliphatic heterocycles. The minimum absolute atomic E-state index is 0.117. The van der Waals surface area contributed by atoms with Crippen molar-refractivity contribution in [2.45, 2.75) is 24.8 Å². The molecule has 1 saturated heterocycles. The highest BCUT2D eigenvalue weighted by Crippen LogP contribution is 2.19. The molecule has 0 radical (unpaired) electrons. The Balaban J connectivity index is 1.97. The third-order valence-electron chi connectivity index (χ3n) is 4.65. The number of carbonyl (C=O) groups excluding carboxylic acids is 2. The molecular formula is C18H28N4O5S. The van der Waals surface area contributed by atoms with Gasteiger partial charge in [-0.1, -0.05) is 6.07 Å². The monoisotopic (exact) mass is 412 g/mol. The van der Waals surface area contributed by atoms with Crippen LogP contribution in [0, 0.1) is 0 Å². The lowest BCUT2D eigenvalue weighted by Gasteiger charge is -2.36. The molecule has 0 aromatic heterocycles. The number of hydrogen-bond donors (Lipinski definition) is 1. The fourth-order valence-corrected chi connectivity index (χ4v) is 3.81. The molecule has 1 N–H and O–H groups in total. The summed E-state index contributed by atoms with van der Waals surface area (Å²) in [5.41, 5.74) is 0.421. The number of nitrogens with one attached hydrogen (secondary N) is 1. The van der Waals surface area contributed by atoms with E-state index in [0.29, 0.717) is 38.5 Å². The van der Waals surface area contributed by atoms with Gasteiger partial charge in [0.15, 0.2) is 0 Å². The second kappa shape index (κ2) is 9.35. The van der Waals surface area contributed by atoms with Crippen molar-refractivity contribution in [2.24, 2.45) is 0 Å². The number of hydrogen-bond acceptors (Lipinski definition) is 6. The summed E-state index contributed by atoms with van der Waals surface area (Å²) in [7, 11) is -0.659. The Morgan fingerprint density at radius 2 is 1.86 bits per heavy atom. The van der Waals surface area contributed by atoms with E-state index in [4.69, 9.17) is 4.74 Å². The molecule has 1 aliphatic rings. The maximum atomic E-state index is 12.6. The van der Waals surface area contributed by atoms with E-state index in [2.05, 4.69) is 5.32 Å². The van der Waals surface area contributed by atoms with Gasteiger partial charge in [0, 0.05) is 46.0 Å². The van der Waals surface area contributed by atoms with Crippen LogP contribution in [0.5, 0.6) is 0 Å². The van der Waals surface area contributed by atoms with Crippen molar-refractivity contribution in [1.29, 1.82) is 0 Å². The molecule has 1 fully saturated rings. The average Bonchev–Trinajstić information content (AvgIpc) is 2.67. The van der Waals surface area contributed by atoms with Gasteiger partial charge < -0.3 is 15.0 Å². The minimum atomic E-state index is -3.57. The third kappa shape index (κ3) is 5.21. The molecular weight excluding hydrogens is 384 g/mol. The largest absolute Gasteiger partial charge is 0.450 e. The highest BCUT2D eigenvalue weighted by molar-refractivity contribution is 7.89. The van der Waals surface area contributed by atoms with Crippen LogP contribution in [0.4, 0.5) is 10.5 Å². The van der Waals surface area contributed by atoms with Gasteiger partial charge in [0.05, 0.1) is 17.5 Å². The number of carbonyl (C=O) groups is 2. The van der Waals surface area contributed by atoms with Gasteiger partial charge >= 0.3 is 6.09 Å². The van der Waals surface area contributed by atoms with Crippen LogP contribution in [-0.2, 0) is 19.6 Å². The van der Waals surface area contributed by atoms with Crippen LogP contribution >= 0.6 is 0 Å². The first-order chi connectivity index (χ1) is 13.2. The van der Waals surface area contributed by atoms with E-state index >= 15 is 0 Å². The highest BCUT2D eigenvalue weighted by Gasteiger charge is 2.28. The Morgan fingerprint density at radius 1 is 1.21 bits per heavy atom. The van der Waals surface area contributed by atoms with Gasteiger partial charge in [0.1, 0.15) is 0 Å². The molecule has 156 valence electrons. The van der Waals surface area contributed by atoms with Gasteiger partial charge in [0.2, 0.25) is 15.9 Å². The molecule has 2 amide bonds. The van der Waals surface area contributed by atoms with Crippen LogP contribution in [0.1, 0.15) is 13.8 Å². The van der Waals surface area contributed by atoms with Crippen molar-refractivity contribution >= 4 is 27.7 Å².